The van der Waals surface area contributed by atoms with E-state index in [1.807, 2.05) is 85.1 Å². The number of hydrogen-bond donors (Lipinski definition) is 0. The first-order chi connectivity index (χ1) is 15.3. The third kappa shape index (κ3) is 4.64. The van der Waals surface area contributed by atoms with Gasteiger partial charge in [0.2, 0.25) is 0 Å². The van der Waals surface area contributed by atoms with Crippen LogP contribution in [0, 0.1) is 0 Å². The normalized spacial score (nSPS) is 18.4. The lowest BCUT2D eigenvalue weighted by atomic mass is 10.1. The van der Waals surface area contributed by atoms with Gasteiger partial charge in [0.25, 0.3) is 0 Å². The third-order valence-corrected chi connectivity index (χ3v) is 6.05. The molecule has 1 aliphatic rings. The average molecular weight is 429 g/mol. The minimum absolute atomic E-state index is 0.00191. The van der Waals surface area contributed by atoms with Crippen LogP contribution in [0.4, 0.5) is 0 Å². The maximum absolute atomic E-state index is 5.84. The number of thioether (sulfide) groups is 1. The van der Waals surface area contributed by atoms with Gasteiger partial charge in [0.15, 0.2) is 5.17 Å². The summed E-state index contributed by atoms with van der Waals surface area (Å²) in [7, 11) is 0. The van der Waals surface area contributed by atoms with E-state index in [0.29, 0.717) is 11.8 Å². The zero-order chi connectivity index (χ0) is 20.9. The van der Waals surface area contributed by atoms with Crippen LogP contribution in [0.1, 0.15) is 33.9 Å². The molecule has 0 fully saturated rings. The van der Waals surface area contributed by atoms with Gasteiger partial charge in [0.05, 0.1) is 12.5 Å². The van der Waals surface area contributed by atoms with Crippen molar-refractivity contribution in [3.05, 3.63) is 114 Å². The molecular formula is C25H20N2O3S. The van der Waals surface area contributed by atoms with Crippen LogP contribution in [0.2, 0.25) is 0 Å². The highest BCUT2D eigenvalue weighted by atomic mass is 32.2. The zero-order valence-corrected chi connectivity index (χ0v) is 17.4. The van der Waals surface area contributed by atoms with Gasteiger partial charge < -0.3 is 13.6 Å². The standard InChI is InChI=1S/C25H20N2O3S/c1-2-6-19(7-3-1)17-30-20-12-10-18(11-13-20)16-26-25-27-23(21-8-4-14-28-21)24(31-25)22-9-5-15-29-22/h1-16,23-24H,17H2/t23-,24-/m1/s1. The first-order valence-corrected chi connectivity index (χ1v) is 10.9. The number of amidine groups is 1. The Morgan fingerprint density at radius 3 is 2.32 bits per heavy atom. The van der Waals surface area contributed by atoms with Gasteiger partial charge in [-0.15, -0.1) is 0 Å². The SMILES string of the molecule is C(=NC1=N[C@H](c2ccco2)[C@@H](c2ccco2)S1)c1ccc(OCc2ccccc2)cc1. The van der Waals surface area contributed by atoms with Crippen LogP contribution in [0.3, 0.4) is 0 Å². The topological polar surface area (TPSA) is 60.2 Å². The Morgan fingerprint density at radius 1 is 0.871 bits per heavy atom. The Balaban J connectivity index is 1.26. The fourth-order valence-corrected chi connectivity index (χ4v) is 4.41. The maximum Gasteiger partial charge on any atom is 0.184 e. The van der Waals surface area contributed by atoms with Gasteiger partial charge in [-0.05, 0) is 59.7 Å². The lowest BCUT2D eigenvalue weighted by Crippen LogP contribution is -1.99. The molecule has 0 spiro atoms. The summed E-state index contributed by atoms with van der Waals surface area (Å²) in [5, 5.41) is 0.703. The lowest BCUT2D eigenvalue weighted by molar-refractivity contribution is 0.306. The van der Waals surface area contributed by atoms with E-state index in [1.54, 1.807) is 24.3 Å². The van der Waals surface area contributed by atoms with E-state index in [4.69, 9.17) is 18.6 Å². The average Bonchev–Trinajstić information content (AvgIpc) is 3.59. The van der Waals surface area contributed by atoms with Gasteiger partial charge in [0.1, 0.15) is 35.2 Å². The molecule has 0 amide bonds. The molecule has 2 aromatic carbocycles. The molecule has 154 valence electrons. The van der Waals surface area contributed by atoms with Crippen LogP contribution < -0.4 is 4.74 Å². The first-order valence-electron chi connectivity index (χ1n) is 9.97. The quantitative estimate of drug-likeness (QED) is 0.331. The summed E-state index contributed by atoms with van der Waals surface area (Å²) in [6.07, 6.45) is 5.16. The van der Waals surface area contributed by atoms with Gasteiger partial charge in [-0.25, -0.2) is 9.98 Å². The molecule has 2 atom stereocenters. The Labute approximate surface area is 184 Å². The molecule has 0 radical (unpaired) electrons. The Hall–Kier alpha value is -3.51. The van der Waals surface area contributed by atoms with Crippen LogP contribution in [-0.2, 0) is 6.61 Å². The fourth-order valence-electron chi connectivity index (χ4n) is 3.32. The van der Waals surface area contributed by atoms with Gasteiger partial charge >= 0.3 is 0 Å². The monoisotopic (exact) mass is 428 g/mol. The number of nitrogens with zero attached hydrogens (tertiary/aromatic N) is 2. The largest absolute Gasteiger partial charge is 0.489 e. The minimum atomic E-state index is -0.160. The van der Waals surface area contributed by atoms with Crippen LogP contribution in [0.5, 0.6) is 5.75 Å². The molecule has 3 heterocycles. The highest BCUT2D eigenvalue weighted by Crippen LogP contribution is 2.48. The van der Waals surface area contributed by atoms with E-state index >= 15 is 0 Å². The van der Waals surface area contributed by atoms with Crippen LogP contribution in [0.25, 0.3) is 0 Å². The van der Waals surface area contributed by atoms with Crippen molar-refractivity contribution in [2.45, 2.75) is 17.9 Å². The molecule has 6 heteroatoms. The molecule has 1 aliphatic heterocycles. The summed E-state index contributed by atoms with van der Waals surface area (Å²) in [6.45, 7) is 0.546. The summed E-state index contributed by atoms with van der Waals surface area (Å²) in [5.74, 6) is 2.49. The van der Waals surface area contributed by atoms with Crippen molar-refractivity contribution >= 4 is 23.1 Å². The van der Waals surface area contributed by atoms with Crippen molar-refractivity contribution in [2.75, 3.05) is 0 Å². The summed E-state index contributed by atoms with van der Waals surface area (Å²) in [4.78, 5) is 9.37. The minimum Gasteiger partial charge on any atom is -0.489 e. The van der Waals surface area contributed by atoms with Crippen LogP contribution >= 0.6 is 11.8 Å². The zero-order valence-electron chi connectivity index (χ0n) is 16.6. The molecule has 0 bridgehead atoms. The number of furan rings is 2. The lowest BCUT2D eigenvalue weighted by Gasteiger charge is -2.11. The van der Waals surface area contributed by atoms with Crippen molar-refractivity contribution in [3.63, 3.8) is 0 Å². The summed E-state index contributed by atoms with van der Waals surface area (Å²) >= 11 is 1.58. The molecule has 0 unspecified atom stereocenters. The number of hydrogen-bond acceptors (Lipinski definition) is 6. The van der Waals surface area contributed by atoms with E-state index in [2.05, 4.69) is 4.99 Å². The first kappa shape index (κ1) is 19.5. The van der Waals surface area contributed by atoms with E-state index in [-0.39, 0.29) is 11.3 Å². The van der Waals surface area contributed by atoms with Crippen molar-refractivity contribution in [3.8, 4) is 5.75 Å². The number of ether oxygens (including phenoxy) is 1. The molecule has 4 aromatic rings. The molecule has 2 aromatic heterocycles. The molecular weight excluding hydrogens is 408 g/mol. The summed E-state index contributed by atoms with van der Waals surface area (Å²) < 4.78 is 17.1. The van der Waals surface area contributed by atoms with E-state index in [1.165, 1.54) is 0 Å². The summed E-state index contributed by atoms with van der Waals surface area (Å²) in [6, 6.07) is 25.5. The van der Waals surface area contributed by atoms with Crippen molar-refractivity contribution in [2.24, 2.45) is 9.98 Å². The Morgan fingerprint density at radius 2 is 1.61 bits per heavy atom. The molecule has 5 rings (SSSR count). The van der Waals surface area contributed by atoms with Gasteiger partial charge in [0, 0.05) is 6.21 Å². The summed E-state index contributed by atoms with van der Waals surface area (Å²) in [5.41, 5.74) is 2.12. The highest BCUT2D eigenvalue weighted by molar-refractivity contribution is 8.14. The van der Waals surface area contributed by atoms with Crippen LogP contribution in [0.15, 0.2) is 110 Å². The molecule has 31 heavy (non-hydrogen) atoms. The molecule has 0 N–H and O–H groups in total. The molecule has 0 saturated carbocycles. The maximum atomic E-state index is 5.84. The van der Waals surface area contributed by atoms with Gasteiger partial charge in [-0.1, -0.05) is 42.1 Å². The second-order valence-electron chi connectivity index (χ2n) is 7.03. The second kappa shape index (κ2) is 9.10. The van der Waals surface area contributed by atoms with E-state index in [0.717, 1.165) is 28.4 Å². The van der Waals surface area contributed by atoms with Crippen molar-refractivity contribution in [1.29, 1.82) is 0 Å². The molecule has 0 saturated heterocycles. The third-order valence-electron chi connectivity index (χ3n) is 4.88. The smallest absolute Gasteiger partial charge is 0.184 e. The van der Waals surface area contributed by atoms with Crippen molar-refractivity contribution < 1.29 is 13.6 Å². The highest BCUT2D eigenvalue weighted by Gasteiger charge is 2.36. The van der Waals surface area contributed by atoms with Gasteiger partial charge in [-0.2, -0.15) is 0 Å². The fraction of sp³-hybridized carbons (Fsp3) is 0.120. The number of benzene rings is 2. The van der Waals surface area contributed by atoms with E-state index < -0.39 is 0 Å². The Bertz CT molecular complexity index is 1150. The van der Waals surface area contributed by atoms with Gasteiger partial charge in [-0.3, -0.25) is 0 Å². The van der Waals surface area contributed by atoms with E-state index in [9.17, 15) is 0 Å². The molecule has 5 nitrogen and oxygen atoms in total. The second-order valence-corrected chi connectivity index (χ2v) is 8.14. The number of aliphatic imine (C=N–C) groups is 2. The van der Waals surface area contributed by atoms with Crippen molar-refractivity contribution in [1.82, 2.24) is 0 Å². The predicted octanol–water partition coefficient (Wildman–Crippen LogP) is 6.46. The number of rotatable bonds is 6. The predicted molar refractivity (Wildman–Crippen MR) is 123 cm³/mol. The Kier molecular flexibility index (Phi) is 5.71. The molecule has 0 aliphatic carbocycles. The van der Waals surface area contributed by atoms with Crippen LogP contribution in [-0.4, -0.2) is 11.4 Å².